The summed E-state index contributed by atoms with van der Waals surface area (Å²) in [6.07, 6.45) is 5.80. The number of rotatable bonds is 7. The van der Waals surface area contributed by atoms with Crippen molar-refractivity contribution in [3.05, 3.63) is 35.9 Å². The van der Waals surface area contributed by atoms with E-state index in [-0.39, 0.29) is 24.5 Å². The number of quaternary nitrogens is 1. The molecule has 8 heteroatoms. The van der Waals surface area contributed by atoms with Crippen molar-refractivity contribution < 1.29 is 23.9 Å². The van der Waals surface area contributed by atoms with E-state index in [1.807, 2.05) is 37.4 Å². The molecule has 182 valence electrons. The van der Waals surface area contributed by atoms with Gasteiger partial charge in [0.1, 0.15) is 0 Å². The molecule has 1 amide bonds. The first kappa shape index (κ1) is 24.1. The van der Waals surface area contributed by atoms with Crippen LogP contribution in [-0.4, -0.2) is 73.6 Å². The molecular formula is C25H39N4O4+. The Kier molecular flexibility index (Phi) is 7.69. The molecule has 4 unspecified atom stereocenters. The van der Waals surface area contributed by atoms with Gasteiger partial charge in [-0.25, -0.2) is 4.79 Å². The summed E-state index contributed by atoms with van der Waals surface area (Å²) in [6, 6.07) is 9.22. The Labute approximate surface area is 196 Å². The van der Waals surface area contributed by atoms with E-state index in [0.717, 1.165) is 58.2 Å². The number of piperazine rings is 1. The van der Waals surface area contributed by atoms with Crippen molar-refractivity contribution in [2.75, 3.05) is 39.8 Å². The van der Waals surface area contributed by atoms with Crippen molar-refractivity contribution in [2.24, 2.45) is 5.92 Å². The summed E-state index contributed by atoms with van der Waals surface area (Å²) in [5, 5.41) is 21.4. The number of benzene rings is 1. The van der Waals surface area contributed by atoms with Crippen molar-refractivity contribution >= 4 is 11.9 Å². The third kappa shape index (κ3) is 5.40. The molecule has 33 heavy (non-hydrogen) atoms. The Balaban J connectivity index is 1.46. The van der Waals surface area contributed by atoms with Crippen LogP contribution in [0.2, 0.25) is 0 Å². The fourth-order valence-corrected chi connectivity index (χ4v) is 5.72. The van der Waals surface area contributed by atoms with E-state index >= 15 is 0 Å². The molecule has 1 saturated carbocycles. The van der Waals surface area contributed by atoms with Gasteiger partial charge in [-0.2, -0.15) is 0 Å². The Hall–Kier alpha value is -2.00. The van der Waals surface area contributed by atoms with E-state index < -0.39 is 17.8 Å². The molecule has 2 heterocycles. The normalized spacial score (nSPS) is 30.4. The van der Waals surface area contributed by atoms with E-state index in [4.69, 9.17) is 4.74 Å². The first-order valence-corrected chi connectivity index (χ1v) is 12.5. The number of hydrogen-bond acceptors (Lipinski definition) is 6. The highest BCUT2D eigenvalue weighted by Crippen LogP contribution is 2.41. The van der Waals surface area contributed by atoms with Crippen molar-refractivity contribution in [1.82, 2.24) is 16.0 Å². The molecular weight excluding hydrogens is 420 g/mol. The molecule has 8 nitrogen and oxygen atoms in total. The topological polar surface area (TPSA) is 99.7 Å². The molecule has 0 radical (unpaired) electrons. The lowest BCUT2D eigenvalue weighted by atomic mass is 9.73. The highest BCUT2D eigenvalue weighted by Gasteiger charge is 2.51. The number of likely N-dealkylation sites (tertiary alicyclic amines) is 1. The van der Waals surface area contributed by atoms with Gasteiger partial charge in [-0.05, 0) is 18.4 Å². The summed E-state index contributed by atoms with van der Waals surface area (Å²) in [5.41, 5.74) is -1.06. The van der Waals surface area contributed by atoms with E-state index in [2.05, 4.69) is 16.0 Å². The van der Waals surface area contributed by atoms with E-state index in [1.54, 1.807) is 0 Å². The number of esters is 1. The Morgan fingerprint density at radius 1 is 1.12 bits per heavy atom. The Morgan fingerprint density at radius 3 is 2.58 bits per heavy atom. The van der Waals surface area contributed by atoms with Gasteiger partial charge in [0.25, 0.3) is 5.91 Å². The van der Waals surface area contributed by atoms with Crippen molar-refractivity contribution in [3.63, 3.8) is 0 Å². The fourth-order valence-electron chi connectivity index (χ4n) is 5.72. The SMILES string of the molecule is C[N+]1(CC(=O)NC2CNCCN2)CCCC1OC(=O)C(O)(c1ccccc1)C1CCCCC1. The molecule has 0 bridgehead atoms. The van der Waals surface area contributed by atoms with Crippen LogP contribution in [0.3, 0.4) is 0 Å². The molecule has 4 atom stereocenters. The second kappa shape index (κ2) is 10.5. The van der Waals surface area contributed by atoms with Crippen LogP contribution >= 0.6 is 0 Å². The molecule has 2 aliphatic heterocycles. The summed E-state index contributed by atoms with van der Waals surface area (Å²) in [5.74, 6) is -0.794. The van der Waals surface area contributed by atoms with Crippen LogP contribution in [0.1, 0.15) is 50.5 Å². The van der Waals surface area contributed by atoms with Crippen molar-refractivity contribution in [1.29, 1.82) is 0 Å². The van der Waals surface area contributed by atoms with Crippen molar-refractivity contribution in [3.8, 4) is 0 Å². The third-order valence-corrected chi connectivity index (χ3v) is 7.66. The minimum Gasteiger partial charge on any atom is -0.410 e. The van der Waals surface area contributed by atoms with Crippen LogP contribution in [0, 0.1) is 5.92 Å². The highest BCUT2D eigenvalue weighted by molar-refractivity contribution is 5.82. The Bertz CT molecular complexity index is 810. The molecule has 0 aromatic heterocycles. The number of hydrogen-bond donors (Lipinski definition) is 4. The molecule has 3 aliphatic rings. The van der Waals surface area contributed by atoms with Gasteiger partial charge in [-0.15, -0.1) is 0 Å². The number of nitrogens with one attached hydrogen (secondary N) is 3. The maximum absolute atomic E-state index is 13.6. The monoisotopic (exact) mass is 459 g/mol. The van der Waals surface area contributed by atoms with Gasteiger partial charge < -0.3 is 20.5 Å². The van der Waals surface area contributed by atoms with Crippen molar-refractivity contribution in [2.45, 2.75) is 62.9 Å². The molecule has 4 rings (SSSR count). The number of amides is 1. The average molecular weight is 460 g/mol. The van der Waals surface area contributed by atoms with E-state index in [1.165, 1.54) is 0 Å². The maximum Gasteiger partial charge on any atom is 0.347 e. The molecule has 3 fully saturated rings. The summed E-state index contributed by atoms with van der Waals surface area (Å²) < 4.78 is 6.41. The second-order valence-electron chi connectivity index (χ2n) is 10.1. The van der Waals surface area contributed by atoms with Gasteiger partial charge in [0.2, 0.25) is 6.23 Å². The third-order valence-electron chi connectivity index (χ3n) is 7.66. The van der Waals surface area contributed by atoms with Crippen LogP contribution in [0.5, 0.6) is 0 Å². The lowest BCUT2D eigenvalue weighted by Crippen LogP contribution is -2.61. The lowest BCUT2D eigenvalue weighted by molar-refractivity contribution is -0.932. The van der Waals surface area contributed by atoms with Gasteiger partial charge in [0.15, 0.2) is 12.1 Å². The van der Waals surface area contributed by atoms with Gasteiger partial charge in [0.05, 0.1) is 19.8 Å². The van der Waals surface area contributed by atoms with E-state index in [9.17, 15) is 14.7 Å². The van der Waals surface area contributed by atoms with Crippen LogP contribution in [-0.2, 0) is 19.9 Å². The molecule has 0 spiro atoms. The van der Waals surface area contributed by atoms with E-state index in [0.29, 0.717) is 23.0 Å². The number of aliphatic hydroxyl groups is 1. The lowest BCUT2D eigenvalue weighted by Gasteiger charge is -2.40. The molecule has 4 N–H and O–H groups in total. The number of ether oxygens (including phenoxy) is 1. The predicted octanol–water partition coefficient (Wildman–Crippen LogP) is 1.20. The minimum atomic E-state index is -1.66. The van der Waals surface area contributed by atoms with Crippen LogP contribution < -0.4 is 16.0 Å². The standard InChI is InChI=1S/C25H38N4O4/c1-29(18-22(30)28-21-17-26-14-15-27-21)16-8-13-23(29)33-24(31)25(32,19-9-4-2-5-10-19)20-11-6-3-7-12-20/h2,4-5,9-10,20-21,23,26-27,32H,3,6-8,11-18H2,1H3/p+1. The molecule has 2 saturated heterocycles. The number of carbonyl (C=O) groups is 2. The fraction of sp³-hybridized carbons (Fsp3) is 0.680. The summed E-state index contributed by atoms with van der Waals surface area (Å²) in [6.45, 7) is 3.40. The zero-order valence-corrected chi connectivity index (χ0v) is 19.7. The minimum absolute atomic E-state index is 0.0627. The van der Waals surface area contributed by atoms with Crippen LogP contribution in [0.4, 0.5) is 0 Å². The summed E-state index contributed by atoms with van der Waals surface area (Å²) in [7, 11) is 1.97. The Morgan fingerprint density at radius 2 is 1.88 bits per heavy atom. The zero-order valence-electron chi connectivity index (χ0n) is 19.7. The first-order chi connectivity index (χ1) is 15.9. The second-order valence-corrected chi connectivity index (χ2v) is 10.1. The van der Waals surface area contributed by atoms with Gasteiger partial charge in [-0.1, -0.05) is 49.6 Å². The highest BCUT2D eigenvalue weighted by atomic mass is 16.6. The molecule has 1 aliphatic carbocycles. The first-order valence-electron chi connectivity index (χ1n) is 12.5. The van der Waals surface area contributed by atoms with Gasteiger partial charge in [0, 0.05) is 38.4 Å². The van der Waals surface area contributed by atoms with Crippen LogP contribution in [0.25, 0.3) is 0 Å². The maximum atomic E-state index is 13.6. The smallest absolute Gasteiger partial charge is 0.347 e. The number of likely N-dealkylation sites (N-methyl/N-ethyl adjacent to an activating group) is 1. The number of carbonyl (C=O) groups excluding carboxylic acids is 2. The average Bonchev–Trinajstić information content (AvgIpc) is 3.19. The van der Waals surface area contributed by atoms with Crippen LogP contribution in [0.15, 0.2) is 30.3 Å². The quantitative estimate of drug-likeness (QED) is 0.361. The van der Waals surface area contributed by atoms with Gasteiger partial charge >= 0.3 is 5.97 Å². The van der Waals surface area contributed by atoms with Gasteiger partial charge in [-0.3, -0.25) is 14.6 Å². The summed E-state index contributed by atoms with van der Waals surface area (Å²) in [4.78, 5) is 26.4. The number of nitrogens with zero attached hydrogens (tertiary/aromatic N) is 1. The zero-order chi connectivity index (χ0) is 23.3. The molecule has 1 aromatic rings. The predicted molar refractivity (Wildman–Crippen MR) is 125 cm³/mol. The largest absolute Gasteiger partial charge is 0.410 e. The molecule has 1 aromatic carbocycles. The summed E-state index contributed by atoms with van der Waals surface area (Å²) >= 11 is 0.